The summed E-state index contributed by atoms with van der Waals surface area (Å²) in [6.07, 6.45) is 1.67. The first kappa shape index (κ1) is 24.3. The SMILES string of the molecule is C=CCOc1c(Cl)cc(CNC[C@H]2CNC[C@@H]2CO)cc1OC.Cl.Cl. The highest BCUT2D eigenvalue weighted by Crippen LogP contribution is 2.36. The molecule has 1 saturated heterocycles. The van der Waals surface area contributed by atoms with E-state index in [2.05, 4.69) is 17.2 Å². The number of rotatable bonds is 9. The highest BCUT2D eigenvalue weighted by atomic mass is 35.5. The second-order valence-electron chi connectivity index (χ2n) is 5.70. The summed E-state index contributed by atoms with van der Waals surface area (Å²) in [5.74, 6) is 1.94. The average molecular weight is 414 g/mol. The van der Waals surface area contributed by atoms with Crippen molar-refractivity contribution in [2.24, 2.45) is 11.8 Å². The molecule has 0 bridgehead atoms. The van der Waals surface area contributed by atoms with Crippen LogP contribution in [0.4, 0.5) is 0 Å². The van der Waals surface area contributed by atoms with E-state index in [9.17, 15) is 5.11 Å². The Kier molecular flexibility index (Phi) is 12.3. The van der Waals surface area contributed by atoms with Gasteiger partial charge < -0.3 is 25.2 Å². The van der Waals surface area contributed by atoms with E-state index < -0.39 is 0 Å². The van der Waals surface area contributed by atoms with Gasteiger partial charge in [-0.2, -0.15) is 0 Å². The molecule has 0 aromatic heterocycles. The largest absolute Gasteiger partial charge is 0.493 e. The van der Waals surface area contributed by atoms with Gasteiger partial charge in [0.25, 0.3) is 0 Å². The maximum Gasteiger partial charge on any atom is 0.180 e. The van der Waals surface area contributed by atoms with Gasteiger partial charge in [-0.05, 0) is 42.6 Å². The maximum atomic E-state index is 9.34. The molecule has 1 aromatic rings. The fraction of sp³-hybridized carbons (Fsp3) is 0.529. The molecule has 2 atom stereocenters. The van der Waals surface area contributed by atoms with Crippen LogP contribution in [0.5, 0.6) is 11.5 Å². The van der Waals surface area contributed by atoms with Crippen LogP contribution in [-0.2, 0) is 6.54 Å². The number of aliphatic hydroxyl groups is 1. The zero-order valence-electron chi connectivity index (χ0n) is 14.3. The molecule has 8 heteroatoms. The van der Waals surface area contributed by atoms with Crippen LogP contribution >= 0.6 is 36.4 Å². The molecule has 1 aliphatic rings. The molecule has 3 N–H and O–H groups in total. The predicted octanol–water partition coefficient (Wildman–Crippen LogP) is 2.67. The molecule has 144 valence electrons. The summed E-state index contributed by atoms with van der Waals surface area (Å²) in [6, 6.07) is 3.81. The van der Waals surface area contributed by atoms with Gasteiger partial charge in [0.05, 0.1) is 12.1 Å². The summed E-state index contributed by atoms with van der Waals surface area (Å²) in [4.78, 5) is 0. The predicted molar refractivity (Wildman–Crippen MR) is 107 cm³/mol. The highest BCUT2D eigenvalue weighted by molar-refractivity contribution is 6.32. The molecule has 1 heterocycles. The van der Waals surface area contributed by atoms with Crippen molar-refractivity contribution >= 4 is 36.4 Å². The minimum atomic E-state index is 0. The van der Waals surface area contributed by atoms with Crippen LogP contribution in [0.15, 0.2) is 24.8 Å². The summed E-state index contributed by atoms with van der Waals surface area (Å²) in [6.45, 7) is 7.61. The zero-order chi connectivity index (χ0) is 16.7. The number of hydrogen-bond donors (Lipinski definition) is 3. The van der Waals surface area contributed by atoms with E-state index in [1.807, 2.05) is 12.1 Å². The maximum absolute atomic E-state index is 9.34. The van der Waals surface area contributed by atoms with Gasteiger partial charge in [0, 0.05) is 19.7 Å². The van der Waals surface area contributed by atoms with Gasteiger partial charge >= 0.3 is 0 Å². The normalized spacial score (nSPS) is 18.8. The second-order valence-corrected chi connectivity index (χ2v) is 6.11. The molecule has 1 aliphatic heterocycles. The van der Waals surface area contributed by atoms with Crippen LogP contribution in [0.2, 0.25) is 5.02 Å². The summed E-state index contributed by atoms with van der Waals surface area (Å²) < 4.78 is 10.9. The van der Waals surface area contributed by atoms with Crippen molar-refractivity contribution in [1.82, 2.24) is 10.6 Å². The van der Waals surface area contributed by atoms with Gasteiger partial charge in [-0.25, -0.2) is 0 Å². The molecule has 1 aromatic carbocycles. The number of benzene rings is 1. The van der Waals surface area contributed by atoms with E-state index in [-0.39, 0.29) is 31.4 Å². The van der Waals surface area contributed by atoms with Crippen LogP contribution in [-0.4, -0.2) is 45.1 Å². The lowest BCUT2D eigenvalue weighted by molar-refractivity contribution is 0.203. The van der Waals surface area contributed by atoms with Gasteiger partial charge in [-0.15, -0.1) is 24.8 Å². The van der Waals surface area contributed by atoms with E-state index >= 15 is 0 Å². The third-order valence-corrected chi connectivity index (χ3v) is 4.37. The second kappa shape index (κ2) is 12.6. The average Bonchev–Trinajstić information content (AvgIpc) is 3.01. The topological polar surface area (TPSA) is 62.8 Å². The highest BCUT2D eigenvalue weighted by Gasteiger charge is 2.25. The molecule has 0 saturated carbocycles. The van der Waals surface area contributed by atoms with Gasteiger partial charge in [0.15, 0.2) is 11.5 Å². The summed E-state index contributed by atoms with van der Waals surface area (Å²) in [5.41, 5.74) is 1.03. The number of halogens is 3. The van der Waals surface area contributed by atoms with Gasteiger partial charge in [-0.3, -0.25) is 0 Å². The van der Waals surface area contributed by atoms with Crippen molar-refractivity contribution in [1.29, 1.82) is 0 Å². The van der Waals surface area contributed by atoms with Crippen LogP contribution in [0, 0.1) is 11.8 Å². The molecule has 5 nitrogen and oxygen atoms in total. The Balaban J connectivity index is 0.00000288. The third kappa shape index (κ3) is 6.85. The first-order chi connectivity index (χ1) is 11.2. The molecule has 0 radical (unpaired) electrons. The summed E-state index contributed by atoms with van der Waals surface area (Å²) in [5, 5.41) is 16.6. The van der Waals surface area contributed by atoms with E-state index in [1.54, 1.807) is 13.2 Å². The quantitative estimate of drug-likeness (QED) is 0.543. The van der Waals surface area contributed by atoms with E-state index in [1.165, 1.54) is 0 Å². The van der Waals surface area contributed by atoms with Gasteiger partial charge in [-0.1, -0.05) is 24.3 Å². The Morgan fingerprint density at radius 2 is 2.08 bits per heavy atom. The van der Waals surface area contributed by atoms with Gasteiger partial charge in [0.1, 0.15) is 6.61 Å². The summed E-state index contributed by atoms with van der Waals surface area (Å²) in [7, 11) is 1.60. The minimum Gasteiger partial charge on any atom is -0.493 e. The molecule has 2 rings (SSSR count). The lowest BCUT2D eigenvalue weighted by Crippen LogP contribution is -2.29. The third-order valence-electron chi connectivity index (χ3n) is 4.08. The van der Waals surface area contributed by atoms with Crippen molar-refractivity contribution in [3.63, 3.8) is 0 Å². The molecular weight excluding hydrogens is 387 g/mol. The number of methoxy groups -OCH3 is 1. The Bertz CT molecular complexity index is 532. The van der Waals surface area contributed by atoms with E-state index in [0.29, 0.717) is 41.5 Å². The molecule has 25 heavy (non-hydrogen) atoms. The fourth-order valence-corrected chi connectivity index (χ4v) is 3.09. The van der Waals surface area contributed by atoms with Crippen molar-refractivity contribution in [2.45, 2.75) is 6.54 Å². The first-order valence-corrected chi connectivity index (χ1v) is 8.19. The minimum absolute atomic E-state index is 0. The van der Waals surface area contributed by atoms with Crippen molar-refractivity contribution in [2.75, 3.05) is 40.0 Å². The monoisotopic (exact) mass is 412 g/mol. The number of ether oxygens (including phenoxy) is 2. The molecule has 0 unspecified atom stereocenters. The van der Waals surface area contributed by atoms with Crippen molar-refractivity contribution < 1.29 is 14.6 Å². The van der Waals surface area contributed by atoms with Crippen LogP contribution in [0.1, 0.15) is 5.56 Å². The fourth-order valence-electron chi connectivity index (χ4n) is 2.80. The smallest absolute Gasteiger partial charge is 0.180 e. The van der Waals surface area contributed by atoms with Crippen molar-refractivity contribution in [3.8, 4) is 11.5 Å². The first-order valence-electron chi connectivity index (χ1n) is 7.82. The molecular formula is C17H27Cl3N2O3. The Morgan fingerprint density at radius 1 is 1.36 bits per heavy atom. The number of nitrogens with one attached hydrogen (secondary N) is 2. The number of hydrogen-bond acceptors (Lipinski definition) is 5. The molecule has 0 spiro atoms. The van der Waals surface area contributed by atoms with Crippen LogP contribution in [0.3, 0.4) is 0 Å². The van der Waals surface area contributed by atoms with Crippen LogP contribution < -0.4 is 20.1 Å². The zero-order valence-corrected chi connectivity index (χ0v) is 16.7. The lowest BCUT2D eigenvalue weighted by Gasteiger charge is -2.17. The molecule has 0 aliphatic carbocycles. The number of aliphatic hydroxyl groups excluding tert-OH is 1. The van der Waals surface area contributed by atoms with Gasteiger partial charge in [0.2, 0.25) is 0 Å². The molecule has 0 amide bonds. The summed E-state index contributed by atoms with van der Waals surface area (Å²) >= 11 is 6.29. The van der Waals surface area contributed by atoms with Crippen LogP contribution in [0.25, 0.3) is 0 Å². The van der Waals surface area contributed by atoms with E-state index in [0.717, 1.165) is 25.2 Å². The van der Waals surface area contributed by atoms with Crippen molar-refractivity contribution in [3.05, 3.63) is 35.4 Å². The van der Waals surface area contributed by atoms with E-state index in [4.69, 9.17) is 21.1 Å². The Hall–Kier alpha value is -0.690. The standard InChI is InChI=1S/C17H25ClN2O3.2ClH/c1-3-4-23-17-15(18)5-12(6-16(17)22-2)7-19-8-13-9-20-10-14(13)11-21;;/h3,5-6,13-14,19-21H,1,4,7-11H2,2H3;2*1H/t13-,14+;;/m0../s1. The lowest BCUT2D eigenvalue weighted by atomic mass is 9.97. The Morgan fingerprint density at radius 3 is 2.72 bits per heavy atom. The molecule has 1 fully saturated rings. The Labute approximate surface area is 166 Å².